The minimum absolute atomic E-state index is 0.786. The number of hydrogen-bond donors (Lipinski definition) is 0. The van der Waals surface area contributed by atoms with Crippen LogP contribution in [0.5, 0.6) is 0 Å². The number of allylic oxidation sites excluding steroid dienone is 2. The molecule has 0 heterocycles. The van der Waals surface area contributed by atoms with Gasteiger partial charge in [-0.3, -0.25) is 4.79 Å². The van der Waals surface area contributed by atoms with Crippen molar-refractivity contribution in [2.45, 2.75) is 12.8 Å². The van der Waals surface area contributed by atoms with Crippen molar-refractivity contribution in [3.8, 4) is 0 Å². The van der Waals surface area contributed by atoms with E-state index in [-0.39, 0.29) is 0 Å². The van der Waals surface area contributed by atoms with Gasteiger partial charge in [0.1, 0.15) is 0 Å². The Kier molecular flexibility index (Phi) is 4.75. The fraction of sp³-hybridized carbons (Fsp3) is 0.182. The van der Waals surface area contributed by atoms with E-state index in [0.29, 0.717) is 0 Å². The lowest BCUT2D eigenvalue weighted by atomic mass is 10.1. The first kappa shape index (κ1) is 10.4. The molecular formula is C11H11IO. The summed E-state index contributed by atoms with van der Waals surface area (Å²) in [5, 5.41) is 0. The average Bonchev–Trinajstić information content (AvgIpc) is 2.19. The van der Waals surface area contributed by atoms with Crippen LogP contribution in [0.3, 0.4) is 0 Å². The minimum Gasteiger partial charge on any atom is -0.297 e. The van der Waals surface area contributed by atoms with Gasteiger partial charge in [0.2, 0.25) is 0 Å². The summed E-state index contributed by atoms with van der Waals surface area (Å²) in [7, 11) is 0. The predicted octanol–water partition coefficient (Wildman–Crippen LogP) is 3.14. The van der Waals surface area contributed by atoms with Gasteiger partial charge in [-0.1, -0.05) is 36.4 Å². The summed E-state index contributed by atoms with van der Waals surface area (Å²) in [6.45, 7) is 0. The third kappa shape index (κ3) is 4.22. The molecule has 0 spiro atoms. The smallest absolute Gasteiger partial charge is 0.155 e. The van der Waals surface area contributed by atoms with Gasteiger partial charge >= 0.3 is 0 Å². The molecule has 0 saturated carbocycles. The zero-order chi connectivity index (χ0) is 9.52. The third-order valence-corrected chi connectivity index (χ3v) is 2.42. The fourth-order valence-corrected chi connectivity index (χ4v) is 1.38. The molecule has 0 N–H and O–H groups in total. The predicted molar refractivity (Wildman–Crippen MR) is 62.9 cm³/mol. The van der Waals surface area contributed by atoms with Crippen molar-refractivity contribution in [2.75, 3.05) is 0 Å². The van der Waals surface area contributed by atoms with Gasteiger partial charge in [-0.25, -0.2) is 0 Å². The molecule has 2 heteroatoms. The first-order valence-corrected chi connectivity index (χ1v) is 5.25. The molecule has 0 saturated heterocycles. The molecule has 0 unspecified atom stereocenters. The highest BCUT2D eigenvalue weighted by Gasteiger charge is 1.90. The Balaban J connectivity index is 2.40. The lowest BCUT2D eigenvalue weighted by molar-refractivity contribution is -0.104. The van der Waals surface area contributed by atoms with E-state index in [0.717, 1.165) is 22.7 Å². The molecular weight excluding hydrogens is 275 g/mol. The lowest BCUT2D eigenvalue weighted by Crippen LogP contribution is -1.82. The van der Waals surface area contributed by atoms with Gasteiger partial charge in [-0.15, -0.1) is 0 Å². The monoisotopic (exact) mass is 286 g/mol. The molecule has 13 heavy (non-hydrogen) atoms. The zero-order valence-corrected chi connectivity index (χ0v) is 9.40. The van der Waals surface area contributed by atoms with Crippen LogP contribution in [-0.4, -0.2) is 6.29 Å². The van der Waals surface area contributed by atoms with Crippen molar-refractivity contribution in [1.29, 1.82) is 0 Å². The molecule has 0 radical (unpaired) electrons. The number of halogens is 1. The van der Waals surface area contributed by atoms with Gasteiger partial charge in [0.25, 0.3) is 0 Å². The summed E-state index contributed by atoms with van der Waals surface area (Å²) >= 11 is 2.04. The Bertz CT molecular complexity index is 290. The van der Waals surface area contributed by atoms with Crippen LogP contribution in [0.2, 0.25) is 0 Å². The largest absolute Gasteiger partial charge is 0.297 e. The minimum atomic E-state index is 0.786. The molecule has 1 nitrogen and oxygen atoms in total. The summed E-state index contributed by atoms with van der Waals surface area (Å²) < 4.78 is 0.786. The number of aldehydes is 1. The SMILES string of the molecule is O=C/C(I)=C/CCc1ccccc1. The number of carbonyl (C=O) groups is 1. The normalized spacial score (nSPS) is 11.3. The molecule has 0 bridgehead atoms. The Hall–Kier alpha value is -0.640. The molecule has 1 aromatic rings. The quantitative estimate of drug-likeness (QED) is 0.472. The maximum absolute atomic E-state index is 10.3. The topological polar surface area (TPSA) is 17.1 Å². The van der Waals surface area contributed by atoms with Crippen LogP contribution in [0.1, 0.15) is 12.0 Å². The fourth-order valence-electron chi connectivity index (χ4n) is 1.07. The molecule has 0 aliphatic heterocycles. The van der Waals surface area contributed by atoms with Crippen LogP contribution in [0, 0.1) is 0 Å². The van der Waals surface area contributed by atoms with Crippen molar-refractivity contribution >= 4 is 28.9 Å². The van der Waals surface area contributed by atoms with Crippen LogP contribution in [0.15, 0.2) is 40.0 Å². The maximum atomic E-state index is 10.3. The summed E-state index contributed by atoms with van der Waals surface area (Å²) in [4.78, 5) is 10.3. The summed E-state index contributed by atoms with van der Waals surface area (Å²) in [5.41, 5.74) is 1.31. The summed E-state index contributed by atoms with van der Waals surface area (Å²) in [6.07, 6.45) is 4.77. The van der Waals surface area contributed by atoms with Crippen molar-refractivity contribution in [2.24, 2.45) is 0 Å². The first-order valence-electron chi connectivity index (χ1n) is 4.17. The molecule has 0 amide bonds. The van der Waals surface area contributed by atoms with Crippen LogP contribution < -0.4 is 0 Å². The van der Waals surface area contributed by atoms with Crippen LogP contribution >= 0.6 is 22.6 Å². The molecule has 1 aromatic carbocycles. The van der Waals surface area contributed by atoms with Gasteiger partial charge in [-0.2, -0.15) is 0 Å². The number of hydrogen-bond acceptors (Lipinski definition) is 1. The first-order chi connectivity index (χ1) is 6.33. The van der Waals surface area contributed by atoms with Crippen molar-refractivity contribution < 1.29 is 4.79 Å². The second-order valence-electron chi connectivity index (χ2n) is 2.73. The maximum Gasteiger partial charge on any atom is 0.155 e. The molecule has 1 rings (SSSR count). The van der Waals surface area contributed by atoms with E-state index < -0.39 is 0 Å². The van der Waals surface area contributed by atoms with Crippen LogP contribution in [0.25, 0.3) is 0 Å². The van der Waals surface area contributed by atoms with E-state index in [1.807, 2.05) is 46.9 Å². The Morgan fingerprint density at radius 3 is 2.62 bits per heavy atom. The average molecular weight is 286 g/mol. The molecule has 0 fully saturated rings. The van der Waals surface area contributed by atoms with Crippen LogP contribution in [-0.2, 0) is 11.2 Å². The molecule has 68 valence electrons. The second kappa shape index (κ2) is 5.91. The van der Waals surface area contributed by atoms with Crippen molar-refractivity contribution in [3.05, 3.63) is 45.6 Å². The van der Waals surface area contributed by atoms with Gasteiger partial charge in [0.15, 0.2) is 6.29 Å². The van der Waals surface area contributed by atoms with Crippen LogP contribution in [0.4, 0.5) is 0 Å². The van der Waals surface area contributed by atoms with Gasteiger partial charge in [-0.05, 0) is 41.0 Å². The van der Waals surface area contributed by atoms with Gasteiger partial charge < -0.3 is 0 Å². The summed E-state index contributed by atoms with van der Waals surface area (Å²) in [6, 6.07) is 10.3. The third-order valence-electron chi connectivity index (χ3n) is 1.73. The number of aryl methyl sites for hydroxylation is 1. The van der Waals surface area contributed by atoms with E-state index in [9.17, 15) is 4.79 Å². The van der Waals surface area contributed by atoms with Crippen molar-refractivity contribution in [1.82, 2.24) is 0 Å². The lowest BCUT2D eigenvalue weighted by Gasteiger charge is -1.96. The number of carbonyl (C=O) groups excluding carboxylic acids is 1. The van der Waals surface area contributed by atoms with E-state index in [1.165, 1.54) is 5.56 Å². The standard InChI is InChI=1S/C11H11IO/c12-11(9-13)8-4-7-10-5-2-1-3-6-10/h1-3,5-6,8-9H,4,7H2/b11-8-. The van der Waals surface area contributed by atoms with Gasteiger partial charge in [0.05, 0.1) is 0 Å². The summed E-state index contributed by atoms with van der Waals surface area (Å²) in [5.74, 6) is 0. The molecule has 0 aliphatic carbocycles. The Morgan fingerprint density at radius 1 is 1.31 bits per heavy atom. The molecule has 0 atom stereocenters. The number of benzene rings is 1. The Morgan fingerprint density at radius 2 is 2.00 bits per heavy atom. The highest BCUT2D eigenvalue weighted by molar-refractivity contribution is 14.1. The number of rotatable bonds is 4. The second-order valence-corrected chi connectivity index (χ2v) is 3.98. The van der Waals surface area contributed by atoms with Gasteiger partial charge in [0, 0.05) is 3.58 Å². The van der Waals surface area contributed by atoms with E-state index in [2.05, 4.69) is 12.1 Å². The van der Waals surface area contributed by atoms with E-state index >= 15 is 0 Å². The molecule has 0 aliphatic rings. The van der Waals surface area contributed by atoms with Crippen molar-refractivity contribution in [3.63, 3.8) is 0 Å². The highest BCUT2D eigenvalue weighted by atomic mass is 127. The Labute approximate surface area is 92.0 Å². The zero-order valence-electron chi connectivity index (χ0n) is 7.24. The van der Waals surface area contributed by atoms with E-state index in [4.69, 9.17) is 0 Å². The highest BCUT2D eigenvalue weighted by Crippen LogP contribution is 2.07. The van der Waals surface area contributed by atoms with E-state index in [1.54, 1.807) is 0 Å². The molecule has 0 aromatic heterocycles.